The number of halogens is 1. The quantitative estimate of drug-likeness (QED) is 0.637. The van der Waals surface area contributed by atoms with Gasteiger partial charge in [-0.05, 0) is 49.9 Å². The molecule has 1 aliphatic heterocycles. The largest absolute Gasteiger partial charge is 0.301 e. The Balaban J connectivity index is 2.04. The molecule has 2 aliphatic rings. The van der Waals surface area contributed by atoms with E-state index in [0.717, 1.165) is 25.7 Å². The van der Waals surface area contributed by atoms with E-state index in [1.165, 1.54) is 36.1 Å². The van der Waals surface area contributed by atoms with Crippen molar-refractivity contribution >= 4 is 23.2 Å². The predicted molar refractivity (Wildman–Crippen MR) is 78.8 cm³/mol. The lowest BCUT2D eigenvalue weighted by Crippen LogP contribution is -2.42. The number of hydrogen-bond acceptors (Lipinski definition) is 3. The number of anilines is 1. The summed E-state index contributed by atoms with van der Waals surface area (Å²) >= 11 is 0. The molecule has 2 fully saturated rings. The summed E-state index contributed by atoms with van der Waals surface area (Å²) in [6, 6.07) is 5.08. The zero-order valence-electron chi connectivity index (χ0n) is 12.4. The van der Waals surface area contributed by atoms with Gasteiger partial charge >= 0.3 is 0 Å². The van der Waals surface area contributed by atoms with Crippen molar-refractivity contribution in [3.05, 3.63) is 30.1 Å². The van der Waals surface area contributed by atoms with E-state index >= 15 is 0 Å². The minimum absolute atomic E-state index is 0.148. The van der Waals surface area contributed by atoms with E-state index in [4.69, 9.17) is 0 Å². The third-order valence-electron chi connectivity index (χ3n) is 4.78. The van der Waals surface area contributed by atoms with E-state index in [-0.39, 0.29) is 11.7 Å². The van der Waals surface area contributed by atoms with E-state index in [1.54, 1.807) is 0 Å². The zero-order chi connectivity index (χ0) is 15.9. The van der Waals surface area contributed by atoms with Gasteiger partial charge in [0.05, 0.1) is 6.04 Å². The number of Topliss-reactive ketones (excluding diaryl/α,β-unsaturated/α-hetero) is 2. The van der Waals surface area contributed by atoms with E-state index in [2.05, 4.69) is 0 Å². The maximum atomic E-state index is 13.1. The van der Waals surface area contributed by atoms with Crippen LogP contribution in [0.3, 0.4) is 0 Å². The molecule has 2 atom stereocenters. The minimum atomic E-state index is -0.888. The van der Waals surface area contributed by atoms with Gasteiger partial charge in [0.1, 0.15) is 17.5 Å². The summed E-state index contributed by atoms with van der Waals surface area (Å²) in [4.78, 5) is 38.0. The third kappa shape index (κ3) is 2.34. The second kappa shape index (κ2) is 5.63. The van der Waals surface area contributed by atoms with E-state index in [9.17, 15) is 18.8 Å². The summed E-state index contributed by atoms with van der Waals surface area (Å²) in [5.74, 6) is -2.69. The molecular weight excluding hydrogens is 285 g/mol. The van der Waals surface area contributed by atoms with Gasteiger partial charge in [-0.3, -0.25) is 14.4 Å². The first-order chi connectivity index (χ1) is 10.5. The number of carbonyl (C=O) groups excluding carboxylic acids is 3. The second-order valence-electron chi connectivity index (χ2n) is 6.14. The summed E-state index contributed by atoms with van der Waals surface area (Å²) in [7, 11) is 0. The fourth-order valence-corrected chi connectivity index (χ4v) is 3.79. The van der Waals surface area contributed by atoms with E-state index < -0.39 is 29.5 Å². The molecule has 4 nitrogen and oxygen atoms in total. The Hall–Kier alpha value is -2.04. The Morgan fingerprint density at radius 1 is 1.14 bits per heavy atom. The molecule has 1 heterocycles. The predicted octanol–water partition coefficient (Wildman–Crippen LogP) is 2.51. The molecule has 5 heteroatoms. The Kier molecular flexibility index (Phi) is 3.81. The lowest BCUT2D eigenvalue weighted by molar-refractivity contribution is -0.138. The maximum Gasteiger partial charge on any atom is 0.295 e. The van der Waals surface area contributed by atoms with Crippen LogP contribution >= 0.6 is 0 Å². The number of benzene rings is 1. The molecule has 1 aromatic carbocycles. The van der Waals surface area contributed by atoms with Crippen LogP contribution in [0.25, 0.3) is 0 Å². The van der Waals surface area contributed by atoms with Crippen molar-refractivity contribution in [3.63, 3.8) is 0 Å². The molecule has 0 radical (unpaired) electrons. The molecular formula is C17H18FNO3. The van der Waals surface area contributed by atoms with Crippen molar-refractivity contribution in [2.45, 2.75) is 38.6 Å². The average Bonchev–Trinajstić information content (AvgIpc) is 3.08. The monoisotopic (exact) mass is 303 g/mol. The summed E-state index contributed by atoms with van der Waals surface area (Å²) in [6.45, 7) is 1.37. The van der Waals surface area contributed by atoms with Crippen LogP contribution in [0.1, 0.15) is 32.6 Å². The zero-order valence-corrected chi connectivity index (χ0v) is 12.4. The number of carbonyl (C=O) groups is 3. The molecule has 1 unspecified atom stereocenters. The van der Waals surface area contributed by atoms with Crippen molar-refractivity contribution in [3.8, 4) is 0 Å². The number of rotatable bonds is 3. The third-order valence-corrected chi connectivity index (χ3v) is 4.78. The highest BCUT2D eigenvalue weighted by Gasteiger charge is 2.53. The van der Waals surface area contributed by atoms with Crippen LogP contribution in [-0.2, 0) is 14.4 Å². The Morgan fingerprint density at radius 3 is 2.27 bits per heavy atom. The lowest BCUT2D eigenvalue weighted by atomic mass is 9.85. The lowest BCUT2D eigenvalue weighted by Gasteiger charge is -2.31. The molecule has 1 saturated heterocycles. The van der Waals surface area contributed by atoms with Crippen molar-refractivity contribution in [2.75, 3.05) is 4.90 Å². The molecule has 1 aliphatic carbocycles. The van der Waals surface area contributed by atoms with Gasteiger partial charge in [-0.15, -0.1) is 0 Å². The normalized spacial score (nSPS) is 26.0. The van der Waals surface area contributed by atoms with Crippen molar-refractivity contribution < 1.29 is 18.8 Å². The van der Waals surface area contributed by atoms with Gasteiger partial charge in [-0.1, -0.05) is 12.8 Å². The van der Waals surface area contributed by atoms with Crippen LogP contribution in [0, 0.1) is 17.7 Å². The van der Waals surface area contributed by atoms with Crippen molar-refractivity contribution in [1.29, 1.82) is 0 Å². The summed E-state index contributed by atoms with van der Waals surface area (Å²) < 4.78 is 13.1. The minimum Gasteiger partial charge on any atom is -0.301 e. The first-order valence-corrected chi connectivity index (χ1v) is 7.64. The van der Waals surface area contributed by atoms with E-state index in [1.807, 2.05) is 0 Å². The van der Waals surface area contributed by atoms with Gasteiger partial charge in [-0.25, -0.2) is 4.39 Å². The number of amides is 1. The van der Waals surface area contributed by atoms with Crippen LogP contribution in [0.15, 0.2) is 24.3 Å². The molecule has 0 spiro atoms. The molecule has 1 aromatic rings. The maximum absolute atomic E-state index is 13.1. The number of hydrogen-bond donors (Lipinski definition) is 0. The van der Waals surface area contributed by atoms with Gasteiger partial charge in [0, 0.05) is 5.69 Å². The fraction of sp³-hybridized carbons (Fsp3) is 0.471. The average molecular weight is 303 g/mol. The fourth-order valence-electron chi connectivity index (χ4n) is 3.79. The molecule has 1 saturated carbocycles. The van der Waals surface area contributed by atoms with Crippen LogP contribution in [0.2, 0.25) is 0 Å². The highest BCUT2D eigenvalue weighted by Crippen LogP contribution is 2.40. The first kappa shape index (κ1) is 14.9. The molecule has 0 N–H and O–H groups in total. The molecule has 1 amide bonds. The van der Waals surface area contributed by atoms with Crippen molar-refractivity contribution in [2.24, 2.45) is 11.8 Å². The van der Waals surface area contributed by atoms with Gasteiger partial charge in [0.15, 0.2) is 0 Å². The highest BCUT2D eigenvalue weighted by molar-refractivity contribution is 6.48. The number of ketones is 2. The molecule has 22 heavy (non-hydrogen) atoms. The molecule has 116 valence electrons. The summed E-state index contributed by atoms with van der Waals surface area (Å²) in [5.41, 5.74) is 0.486. The van der Waals surface area contributed by atoms with Crippen LogP contribution in [-0.4, -0.2) is 23.5 Å². The second-order valence-corrected chi connectivity index (χ2v) is 6.14. The van der Waals surface area contributed by atoms with E-state index in [0.29, 0.717) is 5.69 Å². The van der Waals surface area contributed by atoms with Gasteiger partial charge in [0.2, 0.25) is 5.78 Å². The highest BCUT2D eigenvalue weighted by atomic mass is 19.1. The van der Waals surface area contributed by atoms with Gasteiger partial charge < -0.3 is 4.90 Å². The molecule has 3 rings (SSSR count). The number of nitrogens with zero attached hydrogens (tertiary/aromatic N) is 1. The van der Waals surface area contributed by atoms with Gasteiger partial charge in [-0.2, -0.15) is 0 Å². The SMILES string of the molecule is CC(=O)C1C(=O)C(=O)N(c2ccc(F)cc2)[C@@H]1C1CCCC1. The standard InChI is InChI=1S/C17H18FNO3/c1-10(20)14-15(11-4-2-3-5-11)19(17(22)16(14)21)13-8-6-12(18)7-9-13/h6-9,11,14-15H,2-5H2,1H3/t14?,15-/m1/s1. The Bertz CT molecular complexity index is 619. The van der Waals surface area contributed by atoms with Crippen LogP contribution < -0.4 is 4.90 Å². The summed E-state index contributed by atoms with van der Waals surface area (Å²) in [5, 5.41) is 0. The van der Waals surface area contributed by atoms with Gasteiger partial charge in [0.25, 0.3) is 5.91 Å². The Morgan fingerprint density at radius 2 is 1.73 bits per heavy atom. The molecule has 0 aromatic heterocycles. The smallest absolute Gasteiger partial charge is 0.295 e. The topological polar surface area (TPSA) is 54.5 Å². The summed E-state index contributed by atoms with van der Waals surface area (Å²) in [6.07, 6.45) is 3.91. The first-order valence-electron chi connectivity index (χ1n) is 7.64. The van der Waals surface area contributed by atoms with Crippen LogP contribution in [0.4, 0.5) is 10.1 Å². The van der Waals surface area contributed by atoms with Crippen LogP contribution in [0.5, 0.6) is 0 Å². The molecule has 0 bridgehead atoms. The van der Waals surface area contributed by atoms with Crippen molar-refractivity contribution in [1.82, 2.24) is 0 Å². The Labute approximate surface area is 128 Å².